The molecule has 0 radical (unpaired) electrons. The zero-order chi connectivity index (χ0) is 19.6. The minimum Gasteiger partial charge on any atom is -0.493 e. The van der Waals surface area contributed by atoms with Crippen molar-refractivity contribution in [2.45, 2.75) is 18.9 Å². The van der Waals surface area contributed by atoms with Crippen molar-refractivity contribution in [1.82, 2.24) is 4.90 Å². The Kier molecular flexibility index (Phi) is 6.37. The second-order valence-corrected chi connectivity index (χ2v) is 7.83. The molecule has 27 heavy (non-hydrogen) atoms. The lowest BCUT2D eigenvalue weighted by atomic mass is 9.88. The van der Waals surface area contributed by atoms with Crippen LogP contribution in [0.15, 0.2) is 24.3 Å². The molecule has 1 aliphatic heterocycles. The average molecular weight is 483 g/mol. The Morgan fingerprint density at radius 1 is 0.926 bits per heavy atom. The lowest BCUT2D eigenvalue weighted by molar-refractivity contribution is 0.227. The van der Waals surface area contributed by atoms with Gasteiger partial charge < -0.3 is 18.9 Å². The van der Waals surface area contributed by atoms with E-state index in [0.717, 1.165) is 46.0 Å². The van der Waals surface area contributed by atoms with Crippen LogP contribution in [0.3, 0.4) is 0 Å². The van der Waals surface area contributed by atoms with Crippen LogP contribution in [0.2, 0.25) is 0 Å². The molecule has 146 valence electrons. The minimum atomic E-state index is 0.266. The highest BCUT2D eigenvalue weighted by Crippen LogP contribution is 2.40. The van der Waals surface area contributed by atoms with E-state index < -0.39 is 0 Å². The van der Waals surface area contributed by atoms with E-state index in [2.05, 4.69) is 58.8 Å². The highest BCUT2D eigenvalue weighted by Gasteiger charge is 2.27. The van der Waals surface area contributed by atoms with Crippen LogP contribution in [0.25, 0.3) is 0 Å². The molecule has 2 aromatic rings. The predicted molar refractivity (Wildman–Crippen MR) is 115 cm³/mol. The van der Waals surface area contributed by atoms with Gasteiger partial charge in [0.05, 0.1) is 32.0 Å². The van der Waals surface area contributed by atoms with E-state index in [0.29, 0.717) is 0 Å². The summed E-state index contributed by atoms with van der Waals surface area (Å²) in [5, 5.41) is 0. The maximum atomic E-state index is 5.54. The fourth-order valence-electron chi connectivity index (χ4n) is 3.73. The van der Waals surface area contributed by atoms with Crippen molar-refractivity contribution < 1.29 is 18.9 Å². The first-order chi connectivity index (χ1) is 13.0. The fourth-order valence-corrected chi connectivity index (χ4v) is 4.62. The summed E-state index contributed by atoms with van der Waals surface area (Å²) in [5.74, 6) is 3.12. The van der Waals surface area contributed by atoms with Gasteiger partial charge in [0.25, 0.3) is 0 Å². The third-order valence-corrected chi connectivity index (χ3v) is 5.99. The number of halogens is 1. The van der Waals surface area contributed by atoms with Gasteiger partial charge in [-0.3, -0.25) is 4.90 Å². The quantitative estimate of drug-likeness (QED) is 0.579. The molecule has 0 fully saturated rings. The molecule has 0 spiro atoms. The Hall–Kier alpha value is -1.67. The van der Waals surface area contributed by atoms with Crippen LogP contribution in [-0.4, -0.2) is 46.9 Å². The minimum absolute atomic E-state index is 0.266. The summed E-state index contributed by atoms with van der Waals surface area (Å²) in [5.41, 5.74) is 3.84. The van der Waals surface area contributed by atoms with E-state index in [-0.39, 0.29) is 6.04 Å². The first kappa shape index (κ1) is 20.1. The smallest absolute Gasteiger partial charge is 0.174 e. The van der Waals surface area contributed by atoms with E-state index >= 15 is 0 Å². The van der Waals surface area contributed by atoms with Gasteiger partial charge in [0, 0.05) is 12.6 Å². The molecular weight excluding hydrogens is 457 g/mol. The molecule has 1 heterocycles. The molecule has 5 nitrogen and oxygen atoms in total. The van der Waals surface area contributed by atoms with Crippen molar-refractivity contribution in [2.75, 3.05) is 42.0 Å². The molecule has 0 aromatic heterocycles. The highest BCUT2D eigenvalue weighted by atomic mass is 127. The molecule has 3 rings (SSSR count). The van der Waals surface area contributed by atoms with Gasteiger partial charge >= 0.3 is 0 Å². The SMILES string of the molecule is COc1cc2c(cc1OC)C(Cc1cc(I)c(OC)c(OC)c1)N(C)CC2. The van der Waals surface area contributed by atoms with Crippen molar-refractivity contribution in [1.29, 1.82) is 0 Å². The van der Waals surface area contributed by atoms with Crippen molar-refractivity contribution in [2.24, 2.45) is 0 Å². The summed E-state index contributed by atoms with van der Waals surface area (Å²) in [6.07, 6.45) is 1.89. The monoisotopic (exact) mass is 483 g/mol. The number of hydrogen-bond donors (Lipinski definition) is 0. The maximum Gasteiger partial charge on any atom is 0.174 e. The standard InChI is InChI=1S/C21H26INO4/c1-23-7-6-14-11-18(24-2)19(25-3)12-15(14)17(23)9-13-8-16(22)21(27-5)20(10-13)26-4/h8,10-12,17H,6-7,9H2,1-5H3. The van der Waals surface area contributed by atoms with Crippen LogP contribution >= 0.6 is 22.6 Å². The van der Waals surface area contributed by atoms with Gasteiger partial charge in [0.2, 0.25) is 0 Å². The van der Waals surface area contributed by atoms with Gasteiger partial charge in [-0.25, -0.2) is 0 Å². The molecule has 1 aliphatic rings. The van der Waals surface area contributed by atoms with Gasteiger partial charge in [0.1, 0.15) is 0 Å². The molecule has 0 amide bonds. The number of hydrogen-bond acceptors (Lipinski definition) is 5. The van der Waals surface area contributed by atoms with Gasteiger partial charge in [-0.15, -0.1) is 0 Å². The number of fused-ring (bicyclic) bond motifs is 1. The van der Waals surface area contributed by atoms with Gasteiger partial charge in [-0.05, 0) is 83.4 Å². The highest BCUT2D eigenvalue weighted by molar-refractivity contribution is 14.1. The summed E-state index contributed by atoms with van der Waals surface area (Å²) in [7, 11) is 8.89. The van der Waals surface area contributed by atoms with Crippen molar-refractivity contribution in [3.05, 3.63) is 44.5 Å². The Bertz CT molecular complexity index is 824. The molecule has 0 aliphatic carbocycles. The summed E-state index contributed by atoms with van der Waals surface area (Å²) in [6.45, 7) is 1.01. The molecule has 6 heteroatoms. The first-order valence-corrected chi connectivity index (χ1v) is 9.95. The van der Waals surface area contributed by atoms with Crippen molar-refractivity contribution in [3.63, 3.8) is 0 Å². The number of ether oxygens (including phenoxy) is 4. The predicted octanol–water partition coefficient (Wildman–Crippen LogP) is 4.10. The van der Waals surface area contributed by atoms with Crippen LogP contribution in [0.1, 0.15) is 22.7 Å². The summed E-state index contributed by atoms with van der Waals surface area (Å²) in [6, 6.07) is 8.75. The molecule has 0 saturated heterocycles. The average Bonchev–Trinajstić information content (AvgIpc) is 2.68. The zero-order valence-electron chi connectivity index (χ0n) is 16.5. The van der Waals surface area contributed by atoms with Crippen LogP contribution in [0, 0.1) is 3.57 Å². The maximum absolute atomic E-state index is 5.54. The fraction of sp³-hybridized carbons (Fsp3) is 0.429. The third-order valence-electron chi connectivity index (χ3n) is 5.19. The van der Waals surface area contributed by atoms with Crippen LogP contribution < -0.4 is 18.9 Å². The molecule has 0 bridgehead atoms. The number of benzene rings is 2. The molecule has 1 unspecified atom stereocenters. The van der Waals surface area contributed by atoms with E-state index in [1.54, 1.807) is 28.4 Å². The second-order valence-electron chi connectivity index (χ2n) is 6.67. The third kappa shape index (κ3) is 3.96. The Morgan fingerprint density at radius 2 is 1.59 bits per heavy atom. The molecule has 2 aromatic carbocycles. The molecule has 1 atom stereocenters. The molecule has 0 saturated carbocycles. The Morgan fingerprint density at radius 3 is 2.22 bits per heavy atom. The van der Waals surface area contributed by atoms with E-state index in [1.165, 1.54) is 16.7 Å². The summed E-state index contributed by atoms with van der Waals surface area (Å²) >= 11 is 2.30. The number of nitrogens with zero attached hydrogens (tertiary/aromatic N) is 1. The number of rotatable bonds is 6. The van der Waals surface area contributed by atoms with Crippen molar-refractivity contribution in [3.8, 4) is 23.0 Å². The molecular formula is C21H26INO4. The largest absolute Gasteiger partial charge is 0.493 e. The Balaban J connectivity index is 2.00. The van der Waals surface area contributed by atoms with E-state index in [4.69, 9.17) is 18.9 Å². The first-order valence-electron chi connectivity index (χ1n) is 8.87. The number of methoxy groups -OCH3 is 4. The second kappa shape index (κ2) is 8.56. The van der Waals surface area contributed by atoms with Gasteiger partial charge in [-0.1, -0.05) is 0 Å². The number of likely N-dealkylation sites (N-methyl/N-ethyl adjacent to an activating group) is 1. The Labute approximate surface area is 174 Å². The zero-order valence-corrected chi connectivity index (χ0v) is 18.6. The topological polar surface area (TPSA) is 40.2 Å². The van der Waals surface area contributed by atoms with E-state index in [1.807, 2.05) is 0 Å². The van der Waals surface area contributed by atoms with E-state index in [9.17, 15) is 0 Å². The summed E-state index contributed by atoms with van der Waals surface area (Å²) in [4.78, 5) is 2.40. The molecule has 0 N–H and O–H groups in total. The lowest BCUT2D eigenvalue weighted by Crippen LogP contribution is -2.33. The van der Waals surface area contributed by atoms with Crippen LogP contribution in [0.5, 0.6) is 23.0 Å². The normalized spacial score (nSPS) is 16.6. The van der Waals surface area contributed by atoms with Crippen LogP contribution in [-0.2, 0) is 12.8 Å². The van der Waals surface area contributed by atoms with Gasteiger partial charge in [-0.2, -0.15) is 0 Å². The van der Waals surface area contributed by atoms with Crippen LogP contribution in [0.4, 0.5) is 0 Å². The van der Waals surface area contributed by atoms with Crippen molar-refractivity contribution >= 4 is 22.6 Å². The summed E-state index contributed by atoms with van der Waals surface area (Å²) < 4.78 is 23.1. The lowest BCUT2D eigenvalue weighted by Gasteiger charge is -2.35. The van der Waals surface area contributed by atoms with Gasteiger partial charge in [0.15, 0.2) is 23.0 Å².